The second kappa shape index (κ2) is 6.02. The number of dihydropyridines is 1. The number of non-ortho nitro benzene ring substituents is 1. The smallest absolute Gasteiger partial charge is 0.269 e. The molecule has 1 heterocycles. The second-order valence-electron chi connectivity index (χ2n) is 6.66. The van der Waals surface area contributed by atoms with Crippen LogP contribution in [0.1, 0.15) is 41.3 Å². The molecule has 0 fully saturated rings. The number of nitrogens with zero attached hydrogens (tertiary/aromatic N) is 1. The number of ketones is 2. The first-order chi connectivity index (χ1) is 12.9. The SMILES string of the molecule is CC(=O)C1=C(C)NC2=C(C(=O)c3ccccc32)C1c1ccc([N+](=O)[O-])cc1. The van der Waals surface area contributed by atoms with Crippen molar-refractivity contribution in [1.82, 2.24) is 5.32 Å². The minimum Gasteiger partial charge on any atom is -0.358 e. The molecule has 1 atom stereocenters. The van der Waals surface area contributed by atoms with Crippen LogP contribution in [0.25, 0.3) is 5.70 Å². The summed E-state index contributed by atoms with van der Waals surface area (Å²) in [7, 11) is 0. The zero-order valence-electron chi connectivity index (χ0n) is 14.8. The standard InChI is InChI=1S/C21H16N2O4/c1-11-17(12(2)24)18(13-7-9-14(10-8-13)23(26)27)19-20(22-11)15-5-3-4-6-16(15)21(19)25/h3-10,18,22H,1-2H3. The summed E-state index contributed by atoms with van der Waals surface area (Å²) in [6, 6.07) is 13.4. The van der Waals surface area contributed by atoms with Crippen LogP contribution in [-0.2, 0) is 4.79 Å². The lowest BCUT2D eigenvalue weighted by Gasteiger charge is -2.29. The Morgan fingerprint density at radius 1 is 1.07 bits per heavy atom. The molecule has 0 saturated heterocycles. The Morgan fingerprint density at radius 2 is 1.70 bits per heavy atom. The molecule has 0 saturated carbocycles. The summed E-state index contributed by atoms with van der Waals surface area (Å²) in [5.41, 5.74) is 4.47. The third-order valence-electron chi connectivity index (χ3n) is 5.07. The molecule has 0 bridgehead atoms. The molecule has 0 radical (unpaired) electrons. The minimum absolute atomic E-state index is 0.0343. The Balaban J connectivity index is 1.92. The molecule has 1 aliphatic heterocycles. The topological polar surface area (TPSA) is 89.3 Å². The van der Waals surface area contributed by atoms with E-state index in [0.29, 0.717) is 33.7 Å². The predicted octanol–water partition coefficient (Wildman–Crippen LogP) is 3.75. The highest BCUT2D eigenvalue weighted by Gasteiger charge is 2.41. The number of Topliss-reactive ketones (excluding diaryl/α,β-unsaturated/α-hetero) is 2. The summed E-state index contributed by atoms with van der Waals surface area (Å²) in [5.74, 6) is -0.819. The number of carbonyl (C=O) groups excluding carboxylic acids is 2. The molecule has 2 aliphatic rings. The number of fused-ring (bicyclic) bond motifs is 2. The number of benzene rings is 2. The van der Waals surface area contributed by atoms with E-state index < -0.39 is 10.8 Å². The third kappa shape index (κ3) is 2.49. The van der Waals surface area contributed by atoms with Gasteiger partial charge in [0.05, 0.1) is 10.6 Å². The maximum atomic E-state index is 13.1. The Hall–Kier alpha value is -3.54. The summed E-state index contributed by atoms with van der Waals surface area (Å²) in [4.78, 5) is 36.0. The van der Waals surface area contributed by atoms with Gasteiger partial charge in [-0.05, 0) is 19.4 Å². The van der Waals surface area contributed by atoms with E-state index in [0.717, 1.165) is 5.56 Å². The summed E-state index contributed by atoms with van der Waals surface area (Å²) >= 11 is 0. The van der Waals surface area contributed by atoms with E-state index in [2.05, 4.69) is 5.32 Å². The largest absolute Gasteiger partial charge is 0.358 e. The highest BCUT2D eigenvalue weighted by molar-refractivity contribution is 6.23. The van der Waals surface area contributed by atoms with Crippen LogP contribution in [0.15, 0.2) is 65.4 Å². The van der Waals surface area contributed by atoms with E-state index >= 15 is 0 Å². The van der Waals surface area contributed by atoms with Gasteiger partial charge in [-0.2, -0.15) is 0 Å². The van der Waals surface area contributed by atoms with Crippen LogP contribution in [0.2, 0.25) is 0 Å². The number of nitrogens with one attached hydrogen (secondary N) is 1. The molecule has 1 aliphatic carbocycles. The highest BCUT2D eigenvalue weighted by atomic mass is 16.6. The number of hydrogen-bond acceptors (Lipinski definition) is 5. The van der Waals surface area contributed by atoms with Crippen molar-refractivity contribution in [2.24, 2.45) is 0 Å². The Bertz CT molecular complexity index is 1080. The van der Waals surface area contributed by atoms with Crippen molar-refractivity contribution in [3.8, 4) is 0 Å². The van der Waals surface area contributed by atoms with Crippen molar-refractivity contribution in [3.05, 3.63) is 92.2 Å². The number of rotatable bonds is 3. The fourth-order valence-electron chi connectivity index (χ4n) is 3.92. The molecule has 4 rings (SSSR count). The molecular formula is C21H16N2O4. The zero-order valence-corrected chi connectivity index (χ0v) is 14.8. The van der Waals surface area contributed by atoms with Gasteiger partial charge in [0.15, 0.2) is 11.6 Å². The van der Waals surface area contributed by atoms with Crippen molar-refractivity contribution >= 4 is 23.0 Å². The van der Waals surface area contributed by atoms with Crippen LogP contribution < -0.4 is 5.32 Å². The number of carbonyl (C=O) groups is 2. The van der Waals surface area contributed by atoms with Crippen LogP contribution in [-0.4, -0.2) is 16.5 Å². The van der Waals surface area contributed by atoms with Crippen molar-refractivity contribution in [2.75, 3.05) is 0 Å². The fourth-order valence-corrected chi connectivity index (χ4v) is 3.92. The summed E-state index contributed by atoms with van der Waals surface area (Å²) in [6.45, 7) is 3.28. The van der Waals surface area contributed by atoms with Gasteiger partial charge in [0, 0.05) is 46.0 Å². The lowest BCUT2D eigenvalue weighted by molar-refractivity contribution is -0.384. The average Bonchev–Trinajstić information content (AvgIpc) is 2.93. The van der Waals surface area contributed by atoms with E-state index in [-0.39, 0.29) is 17.3 Å². The summed E-state index contributed by atoms with van der Waals surface area (Å²) in [5, 5.41) is 14.2. The van der Waals surface area contributed by atoms with E-state index in [4.69, 9.17) is 0 Å². The molecule has 0 spiro atoms. The lowest BCUT2D eigenvalue weighted by atomic mass is 9.78. The van der Waals surface area contributed by atoms with Crippen molar-refractivity contribution in [2.45, 2.75) is 19.8 Å². The van der Waals surface area contributed by atoms with Gasteiger partial charge in [-0.15, -0.1) is 0 Å². The van der Waals surface area contributed by atoms with Crippen molar-refractivity contribution < 1.29 is 14.5 Å². The normalized spacial score (nSPS) is 18.1. The molecule has 1 unspecified atom stereocenters. The Labute approximate surface area is 155 Å². The number of hydrogen-bond donors (Lipinski definition) is 1. The maximum Gasteiger partial charge on any atom is 0.269 e. The minimum atomic E-state index is -0.556. The predicted molar refractivity (Wildman–Crippen MR) is 100 cm³/mol. The summed E-state index contributed by atoms with van der Waals surface area (Å²) < 4.78 is 0. The average molecular weight is 360 g/mol. The van der Waals surface area contributed by atoms with E-state index in [9.17, 15) is 19.7 Å². The van der Waals surface area contributed by atoms with E-state index in [1.807, 2.05) is 25.1 Å². The molecule has 6 heteroatoms. The zero-order chi connectivity index (χ0) is 19.3. The summed E-state index contributed by atoms with van der Waals surface area (Å²) in [6.07, 6.45) is 0. The highest BCUT2D eigenvalue weighted by Crippen LogP contribution is 2.46. The molecule has 0 amide bonds. The molecule has 134 valence electrons. The first-order valence-corrected chi connectivity index (χ1v) is 8.51. The number of allylic oxidation sites excluding steroid dienone is 3. The molecule has 27 heavy (non-hydrogen) atoms. The molecule has 6 nitrogen and oxygen atoms in total. The number of nitro benzene ring substituents is 1. The molecule has 2 aromatic rings. The second-order valence-corrected chi connectivity index (χ2v) is 6.66. The van der Waals surface area contributed by atoms with Crippen LogP contribution in [0.3, 0.4) is 0 Å². The molecule has 2 aromatic carbocycles. The Kier molecular flexibility index (Phi) is 3.77. The molecule has 1 N–H and O–H groups in total. The van der Waals surface area contributed by atoms with Gasteiger partial charge in [0.2, 0.25) is 0 Å². The van der Waals surface area contributed by atoms with E-state index in [1.165, 1.54) is 19.1 Å². The molecular weight excluding hydrogens is 344 g/mol. The quantitative estimate of drug-likeness (QED) is 0.665. The fraction of sp³-hybridized carbons (Fsp3) is 0.143. The van der Waals surface area contributed by atoms with Gasteiger partial charge >= 0.3 is 0 Å². The van der Waals surface area contributed by atoms with Gasteiger partial charge < -0.3 is 5.32 Å². The van der Waals surface area contributed by atoms with Crippen molar-refractivity contribution in [3.63, 3.8) is 0 Å². The first-order valence-electron chi connectivity index (χ1n) is 8.51. The van der Waals surface area contributed by atoms with Crippen LogP contribution >= 0.6 is 0 Å². The van der Waals surface area contributed by atoms with Gasteiger partial charge in [-0.25, -0.2) is 0 Å². The van der Waals surface area contributed by atoms with Gasteiger partial charge in [0.25, 0.3) is 5.69 Å². The maximum absolute atomic E-state index is 13.1. The Morgan fingerprint density at radius 3 is 2.30 bits per heavy atom. The van der Waals surface area contributed by atoms with Crippen LogP contribution in [0.5, 0.6) is 0 Å². The van der Waals surface area contributed by atoms with Gasteiger partial charge in [0.1, 0.15) is 0 Å². The van der Waals surface area contributed by atoms with Crippen molar-refractivity contribution in [1.29, 1.82) is 0 Å². The van der Waals surface area contributed by atoms with E-state index in [1.54, 1.807) is 18.2 Å². The first kappa shape index (κ1) is 16.9. The van der Waals surface area contributed by atoms with Gasteiger partial charge in [-0.1, -0.05) is 36.4 Å². The van der Waals surface area contributed by atoms with Crippen LogP contribution in [0.4, 0.5) is 5.69 Å². The number of nitro groups is 1. The van der Waals surface area contributed by atoms with Gasteiger partial charge in [-0.3, -0.25) is 19.7 Å². The third-order valence-corrected chi connectivity index (χ3v) is 5.07. The molecule has 0 aromatic heterocycles. The van der Waals surface area contributed by atoms with Crippen LogP contribution in [0, 0.1) is 10.1 Å². The monoisotopic (exact) mass is 360 g/mol. The lowest BCUT2D eigenvalue weighted by Crippen LogP contribution is -2.27.